The highest BCUT2D eigenvalue weighted by Gasteiger charge is 1.99. The average Bonchev–Trinajstić information content (AvgIpc) is 2.25. The van der Waals surface area contributed by atoms with E-state index in [0.29, 0.717) is 24.0 Å². The largest absolute Gasteiger partial charge is 0.396 e. The Hall–Kier alpha value is -1.48. The van der Waals surface area contributed by atoms with Gasteiger partial charge in [0.15, 0.2) is 0 Å². The van der Waals surface area contributed by atoms with Gasteiger partial charge in [-0.3, -0.25) is 9.59 Å². The molecule has 0 aromatic heterocycles. The molecule has 0 bridgehead atoms. The summed E-state index contributed by atoms with van der Waals surface area (Å²) in [6.45, 7) is 0.113. The van der Waals surface area contributed by atoms with Gasteiger partial charge in [-0.15, -0.1) is 0 Å². The molecule has 1 rings (SSSR count). The summed E-state index contributed by atoms with van der Waals surface area (Å²) >= 11 is 0. The van der Waals surface area contributed by atoms with E-state index in [-0.39, 0.29) is 6.61 Å². The minimum absolute atomic E-state index is 0.113. The zero-order chi connectivity index (χ0) is 10.4. The molecular weight excluding hydrogens is 180 g/mol. The molecule has 0 aliphatic carbocycles. The molecule has 0 saturated carbocycles. The topological polar surface area (TPSA) is 54.4 Å². The Morgan fingerprint density at radius 3 is 2.07 bits per heavy atom. The fraction of sp³-hybridized carbons (Fsp3) is 0.273. The molecule has 0 heterocycles. The molecule has 0 aliphatic rings. The van der Waals surface area contributed by atoms with Crippen LogP contribution in [-0.4, -0.2) is 24.3 Å². The second kappa shape index (κ2) is 5.29. The van der Waals surface area contributed by atoms with Crippen LogP contribution in [0.4, 0.5) is 0 Å². The van der Waals surface area contributed by atoms with Crippen molar-refractivity contribution in [3.8, 4) is 0 Å². The van der Waals surface area contributed by atoms with E-state index in [1.54, 1.807) is 18.2 Å². The SMILES string of the molecule is O=Cc1cc(C=O)cc(CCCO)c1. The number of carbonyl (C=O) groups is 2. The zero-order valence-corrected chi connectivity index (χ0v) is 7.77. The lowest BCUT2D eigenvalue weighted by Crippen LogP contribution is -1.94. The third kappa shape index (κ3) is 2.78. The van der Waals surface area contributed by atoms with Crippen LogP contribution in [0.3, 0.4) is 0 Å². The number of aldehydes is 2. The van der Waals surface area contributed by atoms with Crippen LogP contribution in [0, 0.1) is 0 Å². The molecule has 1 N–H and O–H groups in total. The number of aryl methyl sites for hydroxylation is 1. The molecule has 14 heavy (non-hydrogen) atoms. The van der Waals surface area contributed by atoms with Crippen molar-refractivity contribution in [1.82, 2.24) is 0 Å². The van der Waals surface area contributed by atoms with Crippen LogP contribution < -0.4 is 0 Å². The lowest BCUT2D eigenvalue weighted by molar-refractivity contribution is 0.112. The van der Waals surface area contributed by atoms with Crippen molar-refractivity contribution in [2.45, 2.75) is 12.8 Å². The first-order chi connectivity index (χ1) is 6.80. The molecule has 0 radical (unpaired) electrons. The Morgan fingerprint density at radius 1 is 1.07 bits per heavy atom. The van der Waals surface area contributed by atoms with Gasteiger partial charge in [-0.1, -0.05) is 0 Å². The van der Waals surface area contributed by atoms with Gasteiger partial charge in [0.05, 0.1) is 0 Å². The summed E-state index contributed by atoms with van der Waals surface area (Å²) in [6, 6.07) is 5.01. The molecule has 74 valence electrons. The fourth-order valence-corrected chi connectivity index (χ4v) is 1.31. The van der Waals surface area contributed by atoms with E-state index in [1.807, 2.05) is 0 Å². The van der Waals surface area contributed by atoms with Crippen LogP contribution in [0.15, 0.2) is 18.2 Å². The quantitative estimate of drug-likeness (QED) is 0.714. The summed E-state index contributed by atoms with van der Waals surface area (Å²) < 4.78 is 0. The maximum absolute atomic E-state index is 10.5. The van der Waals surface area contributed by atoms with Gasteiger partial charge in [0.2, 0.25) is 0 Å². The van der Waals surface area contributed by atoms with Crippen molar-refractivity contribution in [1.29, 1.82) is 0 Å². The fourth-order valence-electron chi connectivity index (χ4n) is 1.31. The van der Waals surface area contributed by atoms with Crippen molar-refractivity contribution in [3.63, 3.8) is 0 Å². The number of hydrogen-bond acceptors (Lipinski definition) is 3. The van der Waals surface area contributed by atoms with E-state index in [2.05, 4.69) is 0 Å². The summed E-state index contributed by atoms with van der Waals surface area (Å²) in [7, 11) is 0. The van der Waals surface area contributed by atoms with Crippen molar-refractivity contribution < 1.29 is 14.7 Å². The minimum Gasteiger partial charge on any atom is -0.396 e. The number of rotatable bonds is 5. The van der Waals surface area contributed by atoms with E-state index < -0.39 is 0 Å². The molecule has 3 heteroatoms. The molecule has 0 saturated heterocycles. The molecule has 0 fully saturated rings. The summed E-state index contributed by atoms with van der Waals surface area (Å²) in [5.41, 5.74) is 1.91. The van der Waals surface area contributed by atoms with Gasteiger partial charge < -0.3 is 5.11 Å². The first kappa shape index (κ1) is 10.6. The number of carbonyl (C=O) groups excluding carboxylic acids is 2. The lowest BCUT2D eigenvalue weighted by Gasteiger charge is -2.02. The molecule has 0 amide bonds. The highest BCUT2D eigenvalue weighted by molar-refractivity contribution is 5.82. The second-order valence-electron chi connectivity index (χ2n) is 3.07. The van der Waals surface area contributed by atoms with Crippen molar-refractivity contribution in [2.24, 2.45) is 0 Å². The Labute approximate surface area is 82.4 Å². The van der Waals surface area contributed by atoms with Crippen LogP contribution in [0.25, 0.3) is 0 Å². The van der Waals surface area contributed by atoms with E-state index in [4.69, 9.17) is 5.11 Å². The standard InChI is InChI=1S/C11H12O3/c12-3-1-2-9-4-10(7-13)6-11(5-9)8-14/h4-8,12H,1-3H2. The molecule has 1 aromatic rings. The average molecular weight is 192 g/mol. The molecule has 0 spiro atoms. The summed E-state index contributed by atoms with van der Waals surface area (Å²) in [5, 5.41) is 8.64. The highest BCUT2D eigenvalue weighted by Crippen LogP contribution is 2.09. The van der Waals surface area contributed by atoms with Gasteiger partial charge in [-0.25, -0.2) is 0 Å². The van der Waals surface area contributed by atoms with Crippen LogP contribution in [0.5, 0.6) is 0 Å². The third-order valence-electron chi connectivity index (χ3n) is 1.93. The Kier molecular flexibility index (Phi) is 4.01. The molecule has 3 nitrogen and oxygen atoms in total. The first-order valence-electron chi connectivity index (χ1n) is 4.45. The van der Waals surface area contributed by atoms with E-state index in [9.17, 15) is 9.59 Å². The zero-order valence-electron chi connectivity index (χ0n) is 7.77. The minimum atomic E-state index is 0.113. The number of benzene rings is 1. The maximum atomic E-state index is 10.5. The molecule has 1 aromatic carbocycles. The van der Waals surface area contributed by atoms with E-state index in [1.165, 1.54) is 0 Å². The predicted molar refractivity (Wildman–Crippen MR) is 52.6 cm³/mol. The van der Waals surface area contributed by atoms with Crippen LogP contribution >= 0.6 is 0 Å². The van der Waals surface area contributed by atoms with E-state index in [0.717, 1.165) is 18.1 Å². The lowest BCUT2D eigenvalue weighted by atomic mass is 10.0. The summed E-state index contributed by atoms with van der Waals surface area (Å²) in [4.78, 5) is 21.1. The van der Waals surface area contributed by atoms with Crippen LogP contribution in [0.1, 0.15) is 32.7 Å². The van der Waals surface area contributed by atoms with Gasteiger partial charge in [-0.05, 0) is 36.6 Å². The summed E-state index contributed by atoms with van der Waals surface area (Å²) in [5.74, 6) is 0. The normalized spacial score (nSPS) is 9.79. The van der Waals surface area contributed by atoms with Crippen molar-refractivity contribution in [3.05, 3.63) is 34.9 Å². The number of hydrogen-bond donors (Lipinski definition) is 1. The van der Waals surface area contributed by atoms with E-state index >= 15 is 0 Å². The van der Waals surface area contributed by atoms with Gasteiger partial charge in [0.25, 0.3) is 0 Å². The van der Waals surface area contributed by atoms with Crippen molar-refractivity contribution in [2.75, 3.05) is 6.61 Å². The Morgan fingerprint density at radius 2 is 1.64 bits per heavy atom. The van der Waals surface area contributed by atoms with Gasteiger partial charge in [0.1, 0.15) is 12.6 Å². The predicted octanol–water partition coefficient (Wildman–Crippen LogP) is 1.24. The van der Waals surface area contributed by atoms with Crippen molar-refractivity contribution >= 4 is 12.6 Å². The monoisotopic (exact) mass is 192 g/mol. The number of aliphatic hydroxyl groups is 1. The van der Waals surface area contributed by atoms with Crippen LogP contribution in [-0.2, 0) is 6.42 Å². The molecule has 0 aliphatic heterocycles. The van der Waals surface area contributed by atoms with Gasteiger partial charge >= 0.3 is 0 Å². The molecule has 0 unspecified atom stereocenters. The summed E-state index contributed by atoms with van der Waals surface area (Å²) in [6.07, 6.45) is 2.75. The maximum Gasteiger partial charge on any atom is 0.150 e. The van der Waals surface area contributed by atoms with Gasteiger partial charge in [-0.2, -0.15) is 0 Å². The highest BCUT2D eigenvalue weighted by atomic mass is 16.2. The second-order valence-corrected chi connectivity index (χ2v) is 3.07. The molecule has 0 atom stereocenters. The Bertz CT molecular complexity index is 305. The number of aliphatic hydroxyl groups excluding tert-OH is 1. The van der Waals surface area contributed by atoms with Gasteiger partial charge in [0, 0.05) is 17.7 Å². The molecular formula is C11H12O3. The van der Waals surface area contributed by atoms with Crippen LogP contribution in [0.2, 0.25) is 0 Å². The third-order valence-corrected chi connectivity index (χ3v) is 1.93. The first-order valence-corrected chi connectivity index (χ1v) is 4.45. The smallest absolute Gasteiger partial charge is 0.150 e. The Balaban J connectivity index is 2.92.